The smallest absolute Gasteiger partial charge is 0.150 e. The number of nitrogens with two attached hydrogens (primary N) is 1. The van der Waals surface area contributed by atoms with Gasteiger partial charge in [0.1, 0.15) is 9.84 Å². The number of rotatable bonds is 5. The van der Waals surface area contributed by atoms with E-state index < -0.39 is 9.84 Å². The summed E-state index contributed by atoms with van der Waals surface area (Å²) in [6.07, 6.45) is 3.90. The van der Waals surface area contributed by atoms with E-state index in [1.165, 1.54) is 0 Å². The van der Waals surface area contributed by atoms with Crippen LogP contribution in [-0.2, 0) is 16.3 Å². The normalized spacial score (nSPS) is 20.9. The molecular formula is C14H23N3O2S. The van der Waals surface area contributed by atoms with Crippen LogP contribution >= 0.6 is 0 Å². The fraction of sp³-hybridized carbons (Fsp3) is 0.643. The summed E-state index contributed by atoms with van der Waals surface area (Å²) in [5, 5.41) is 0. The van der Waals surface area contributed by atoms with Gasteiger partial charge in [0.05, 0.1) is 11.5 Å². The number of aromatic nitrogens is 1. The van der Waals surface area contributed by atoms with Crippen molar-refractivity contribution in [3.63, 3.8) is 0 Å². The minimum atomic E-state index is -2.86. The molecule has 1 saturated heterocycles. The van der Waals surface area contributed by atoms with Gasteiger partial charge in [0.2, 0.25) is 0 Å². The zero-order chi connectivity index (χ0) is 14.6. The van der Waals surface area contributed by atoms with E-state index in [1.54, 1.807) is 6.20 Å². The molecule has 1 aliphatic rings. The van der Waals surface area contributed by atoms with Crippen LogP contribution in [0, 0.1) is 0 Å². The Labute approximate surface area is 121 Å². The summed E-state index contributed by atoms with van der Waals surface area (Å²) in [5.41, 5.74) is 6.82. The average molecular weight is 297 g/mol. The maximum absolute atomic E-state index is 11.6. The highest BCUT2D eigenvalue weighted by Crippen LogP contribution is 2.28. The highest BCUT2D eigenvalue weighted by atomic mass is 32.2. The monoisotopic (exact) mass is 297 g/mol. The second-order valence-electron chi connectivity index (χ2n) is 5.57. The Hall–Kier alpha value is -0.980. The summed E-state index contributed by atoms with van der Waals surface area (Å²) in [6.45, 7) is 1.34. The molecule has 1 aliphatic heterocycles. The zero-order valence-electron chi connectivity index (χ0n) is 12.0. The first kappa shape index (κ1) is 15.4. The molecule has 5 nitrogen and oxygen atoms in total. The molecular weight excluding hydrogens is 274 g/mol. The standard InChI is InChI=1S/C14H23N3O2S/c1-17(9-5-13-4-2-3-8-16-13)14(12-15)6-10-20(18,19)11-7-14/h2-4,8H,5-7,9-12,15H2,1H3. The van der Waals surface area contributed by atoms with Crippen molar-refractivity contribution in [2.45, 2.75) is 24.8 Å². The van der Waals surface area contributed by atoms with Crippen LogP contribution in [0.1, 0.15) is 18.5 Å². The lowest BCUT2D eigenvalue weighted by Gasteiger charge is -2.43. The van der Waals surface area contributed by atoms with E-state index in [1.807, 2.05) is 25.2 Å². The van der Waals surface area contributed by atoms with E-state index in [0.717, 1.165) is 18.7 Å². The van der Waals surface area contributed by atoms with Crippen LogP contribution in [0.5, 0.6) is 0 Å². The van der Waals surface area contributed by atoms with Crippen LogP contribution in [0.25, 0.3) is 0 Å². The van der Waals surface area contributed by atoms with E-state index >= 15 is 0 Å². The number of pyridine rings is 1. The van der Waals surface area contributed by atoms with Crippen LogP contribution in [0.2, 0.25) is 0 Å². The first-order valence-corrected chi connectivity index (χ1v) is 8.81. The van der Waals surface area contributed by atoms with Gasteiger partial charge in [-0.2, -0.15) is 0 Å². The van der Waals surface area contributed by atoms with E-state index in [9.17, 15) is 8.42 Å². The van der Waals surface area contributed by atoms with Crippen molar-refractivity contribution < 1.29 is 8.42 Å². The largest absolute Gasteiger partial charge is 0.329 e. The maximum atomic E-state index is 11.6. The molecule has 112 valence electrons. The Balaban J connectivity index is 1.97. The number of hydrogen-bond donors (Lipinski definition) is 1. The van der Waals surface area contributed by atoms with Gasteiger partial charge in [-0.25, -0.2) is 8.42 Å². The average Bonchev–Trinajstić information content (AvgIpc) is 2.46. The van der Waals surface area contributed by atoms with Gasteiger partial charge in [0.25, 0.3) is 0 Å². The Morgan fingerprint density at radius 3 is 2.60 bits per heavy atom. The Kier molecular flexibility index (Phi) is 4.78. The second kappa shape index (κ2) is 6.20. The summed E-state index contributed by atoms with van der Waals surface area (Å²) in [6, 6.07) is 5.89. The van der Waals surface area contributed by atoms with Crippen molar-refractivity contribution in [3.05, 3.63) is 30.1 Å². The fourth-order valence-corrected chi connectivity index (χ4v) is 4.31. The van der Waals surface area contributed by atoms with Crippen molar-refractivity contribution in [1.82, 2.24) is 9.88 Å². The molecule has 1 aromatic heterocycles. The van der Waals surface area contributed by atoms with Crippen molar-refractivity contribution in [2.75, 3.05) is 31.6 Å². The summed E-state index contributed by atoms with van der Waals surface area (Å²) >= 11 is 0. The lowest BCUT2D eigenvalue weighted by atomic mass is 9.90. The molecule has 20 heavy (non-hydrogen) atoms. The van der Waals surface area contributed by atoms with Gasteiger partial charge in [-0.3, -0.25) is 9.88 Å². The van der Waals surface area contributed by atoms with Crippen molar-refractivity contribution in [3.8, 4) is 0 Å². The predicted molar refractivity (Wildman–Crippen MR) is 80.2 cm³/mol. The summed E-state index contributed by atoms with van der Waals surface area (Å²) in [5.74, 6) is 0.496. The van der Waals surface area contributed by atoms with Crippen LogP contribution in [-0.4, -0.2) is 55.5 Å². The van der Waals surface area contributed by atoms with Crippen molar-refractivity contribution >= 4 is 9.84 Å². The minimum Gasteiger partial charge on any atom is -0.329 e. The number of sulfone groups is 1. The van der Waals surface area contributed by atoms with Gasteiger partial charge < -0.3 is 5.73 Å². The topological polar surface area (TPSA) is 76.3 Å². The van der Waals surface area contributed by atoms with Gasteiger partial charge in [0.15, 0.2) is 0 Å². The molecule has 0 amide bonds. The molecule has 2 rings (SSSR count). The maximum Gasteiger partial charge on any atom is 0.150 e. The fourth-order valence-electron chi connectivity index (χ4n) is 2.73. The first-order chi connectivity index (χ1) is 9.47. The molecule has 6 heteroatoms. The molecule has 2 heterocycles. The van der Waals surface area contributed by atoms with E-state index in [4.69, 9.17) is 5.73 Å². The van der Waals surface area contributed by atoms with Crippen LogP contribution in [0.15, 0.2) is 24.4 Å². The van der Waals surface area contributed by atoms with E-state index in [2.05, 4.69) is 9.88 Å². The number of likely N-dealkylation sites (N-methyl/N-ethyl adjacent to an activating group) is 1. The Morgan fingerprint density at radius 2 is 2.05 bits per heavy atom. The summed E-state index contributed by atoms with van der Waals surface area (Å²) in [4.78, 5) is 6.53. The summed E-state index contributed by atoms with van der Waals surface area (Å²) < 4.78 is 23.2. The molecule has 0 aliphatic carbocycles. The van der Waals surface area contributed by atoms with Crippen molar-refractivity contribution in [2.24, 2.45) is 5.73 Å². The third-order valence-corrected chi connectivity index (χ3v) is 6.03. The predicted octanol–water partition coefficient (Wildman–Crippen LogP) is 0.462. The van der Waals surface area contributed by atoms with Crippen LogP contribution < -0.4 is 5.73 Å². The molecule has 0 aromatic carbocycles. The lowest BCUT2D eigenvalue weighted by Crippen LogP contribution is -2.56. The zero-order valence-corrected chi connectivity index (χ0v) is 12.8. The molecule has 0 bridgehead atoms. The second-order valence-corrected chi connectivity index (χ2v) is 7.88. The quantitative estimate of drug-likeness (QED) is 0.854. The molecule has 0 spiro atoms. The first-order valence-electron chi connectivity index (χ1n) is 6.99. The van der Waals surface area contributed by atoms with E-state index in [0.29, 0.717) is 19.4 Å². The Bertz CT molecular complexity index is 517. The molecule has 0 unspecified atom stereocenters. The van der Waals surface area contributed by atoms with Gasteiger partial charge in [0, 0.05) is 36.9 Å². The highest BCUT2D eigenvalue weighted by Gasteiger charge is 2.39. The minimum absolute atomic E-state index is 0.180. The van der Waals surface area contributed by atoms with Gasteiger partial charge in [-0.1, -0.05) is 6.07 Å². The third kappa shape index (κ3) is 3.56. The molecule has 0 radical (unpaired) electrons. The number of hydrogen-bond acceptors (Lipinski definition) is 5. The highest BCUT2D eigenvalue weighted by molar-refractivity contribution is 7.91. The van der Waals surface area contributed by atoms with Crippen molar-refractivity contribution in [1.29, 1.82) is 0 Å². The number of nitrogens with zero attached hydrogens (tertiary/aromatic N) is 2. The van der Waals surface area contributed by atoms with Gasteiger partial charge in [-0.15, -0.1) is 0 Å². The van der Waals surface area contributed by atoms with E-state index in [-0.39, 0.29) is 17.0 Å². The molecule has 1 fully saturated rings. The molecule has 0 saturated carbocycles. The SMILES string of the molecule is CN(CCc1ccccn1)C1(CN)CCS(=O)(=O)CC1. The lowest BCUT2D eigenvalue weighted by molar-refractivity contribution is 0.114. The van der Waals surface area contributed by atoms with Crippen LogP contribution in [0.4, 0.5) is 0 Å². The van der Waals surface area contributed by atoms with Crippen LogP contribution in [0.3, 0.4) is 0 Å². The van der Waals surface area contributed by atoms with Gasteiger partial charge >= 0.3 is 0 Å². The van der Waals surface area contributed by atoms with Gasteiger partial charge in [-0.05, 0) is 32.0 Å². The third-order valence-electron chi connectivity index (χ3n) is 4.38. The molecule has 0 atom stereocenters. The molecule has 1 aromatic rings. The Morgan fingerprint density at radius 1 is 1.35 bits per heavy atom. The molecule has 2 N–H and O–H groups in total. The summed E-state index contributed by atoms with van der Waals surface area (Å²) in [7, 11) is -0.824.